The first-order valence-electron chi connectivity index (χ1n) is 6.01. The number of hydrogen-bond donors (Lipinski definition) is 1. The van der Waals surface area contributed by atoms with Crippen molar-refractivity contribution < 1.29 is 5.11 Å². The van der Waals surface area contributed by atoms with Crippen LogP contribution in [0.15, 0.2) is 18.2 Å². The zero-order valence-electron chi connectivity index (χ0n) is 10.8. The molecule has 0 aliphatic heterocycles. The van der Waals surface area contributed by atoms with Crippen molar-refractivity contribution in [2.45, 2.75) is 39.7 Å². The van der Waals surface area contributed by atoms with E-state index in [9.17, 15) is 5.11 Å². The molecule has 0 aliphatic rings. The van der Waals surface area contributed by atoms with Crippen molar-refractivity contribution in [3.05, 3.63) is 29.3 Å². The number of nitrogens with zero attached hydrogens (tertiary/aromatic N) is 1. The van der Waals surface area contributed by atoms with Crippen LogP contribution >= 0.6 is 0 Å². The number of rotatable bonds is 5. The lowest BCUT2D eigenvalue weighted by atomic mass is 10.1. The molecule has 0 bridgehead atoms. The molecule has 16 heavy (non-hydrogen) atoms. The molecule has 90 valence electrons. The summed E-state index contributed by atoms with van der Waals surface area (Å²) in [6, 6.07) is 6.42. The van der Waals surface area contributed by atoms with E-state index >= 15 is 0 Å². The molecule has 1 rings (SSSR count). The molecule has 1 aromatic carbocycles. The lowest BCUT2D eigenvalue weighted by molar-refractivity contribution is 0.170. The van der Waals surface area contributed by atoms with E-state index in [1.807, 2.05) is 7.05 Å². The van der Waals surface area contributed by atoms with Crippen LogP contribution in [0.25, 0.3) is 0 Å². The van der Waals surface area contributed by atoms with E-state index in [4.69, 9.17) is 0 Å². The summed E-state index contributed by atoms with van der Waals surface area (Å²) < 4.78 is 0. The highest BCUT2D eigenvalue weighted by Crippen LogP contribution is 2.20. The van der Waals surface area contributed by atoms with E-state index < -0.39 is 0 Å². The predicted octanol–water partition coefficient (Wildman–Crippen LogP) is 2.90. The molecule has 0 radical (unpaired) electrons. The highest BCUT2D eigenvalue weighted by molar-refractivity contribution is 5.53. The van der Waals surface area contributed by atoms with Crippen molar-refractivity contribution in [1.29, 1.82) is 0 Å². The highest BCUT2D eigenvalue weighted by atomic mass is 16.3. The molecular formula is C14H23NO. The first-order valence-corrected chi connectivity index (χ1v) is 6.01. The summed E-state index contributed by atoms with van der Waals surface area (Å²) in [6.07, 6.45) is 1.67. The Morgan fingerprint density at radius 1 is 1.31 bits per heavy atom. The smallest absolute Gasteiger partial charge is 0.0714 e. The lowest BCUT2D eigenvalue weighted by Gasteiger charge is -2.24. The minimum Gasteiger partial charge on any atom is -0.391 e. The molecule has 0 saturated heterocycles. The van der Waals surface area contributed by atoms with E-state index in [2.05, 4.69) is 43.9 Å². The van der Waals surface area contributed by atoms with Crippen molar-refractivity contribution in [3.8, 4) is 0 Å². The monoisotopic (exact) mass is 221 g/mol. The van der Waals surface area contributed by atoms with Crippen LogP contribution in [0.2, 0.25) is 0 Å². The van der Waals surface area contributed by atoms with Gasteiger partial charge >= 0.3 is 0 Å². The quantitative estimate of drug-likeness (QED) is 0.826. The van der Waals surface area contributed by atoms with Gasteiger partial charge in [-0.1, -0.05) is 31.0 Å². The van der Waals surface area contributed by atoms with Crippen molar-refractivity contribution in [3.63, 3.8) is 0 Å². The number of hydrogen-bond acceptors (Lipinski definition) is 2. The third-order valence-corrected chi connectivity index (χ3v) is 2.87. The van der Waals surface area contributed by atoms with Gasteiger partial charge in [0.05, 0.1) is 6.10 Å². The van der Waals surface area contributed by atoms with Gasteiger partial charge in [0.1, 0.15) is 0 Å². The Morgan fingerprint density at radius 2 is 2.00 bits per heavy atom. The van der Waals surface area contributed by atoms with Gasteiger partial charge < -0.3 is 10.0 Å². The number of benzene rings is 1. The van der Waals surface area contributed by atoms with Crippen molar-refractivity contribution in [2.24, 2.45) is 0 Å². The molecular weight excluding hydrogens is 198 g/mol. The van der Waals surface area contributed by atoms with Gasteiger partial charge in [0.25, 0.3) is 0 Å². The van der Waals surface area contributed by atoms with E-state index in [0.717, 1.165) is 12.8 Å². The van der Waals surface area contributed by atoms with Crippen LogP contribution in [0.3, 0.4) is 0 Å². The summed E-state index contributed by atoms with van der Waals surface area (Å²) in [5, 5.41) is 9.78. The minimum atomic E-state index is -0.226. The topological polar surface area (TPSA) is 23.5 Å². The van der Waals surface area contributed by atoms with Crippen LogP contribution in [0.5, 0.6) is 0 Å². The Hall–Kier alpha value is -1.02. The highest BCUT2D eigenvalue weighted by Gasteiger charge is 2.09. The number of aliphatic hydroxyl groups is 1. The van der Waals surface area contributed by atoms with Gasteiger partial charge in [0.15, 0.2) is 0 Å². The van der Waals surface area contributed by atoms with Crippen LogP contribution in [0, 0.1) is 13.8 Å². The summed E-state index contributed by atoms with van der Waals surface area (Å²) in [4.78, 5) is 2.13. The summed E-state index contributed by atoms with van der Waals surface area (Å²) in [5.41, 5.74) is 3.76. The largest absolute Gasteiger partial charge is 0.391 e. The fraction of sp³-hybridized carbons (Fsp3) is 0.571. The zero-order valence-corrected chi connectivity index (χ0v) is 10.8. The zero-order chi connectivity index (χ0) is 12.1. The second kappa shape index (κ2) is 5.90. The molecule has 0 aliphatic carbocycles. The maximum absolute atomic E-state index is 9.78. The molecule has 0 amide bonds. The van der Waals surface area contributed by atoms with Gasteiger partial charge in [0, 0.05) is 19.3 Å². The van der Waals surface area contributed by atoms with Gasteiger partial charge in [-0.25, -0.2) is 0 Å². The fourth-order valence-electron chi connectivity index (χ4n) is 2.07. The predicted molar refractivity (Wildman–Crippen MR) is 70.1 cm³/mol. The summed E-state index contributed by atoms with van der Waals surface area (Å²) in [6.45, 7) is 7.02. The Morgan fingerprint density at radius 3 is 2.56 bits per heavy atom. The molecule has 1 aromatic rings. The number of likely N-dealkylation sites (N-methyl/N-ethyl adjacent to an activating group) is 1. The summed E-state index contributed by atoms with van der Waals surface area (Å²) in [7, 11) is 2.04. The van der Waals surface area contributed by atoms with Crippen molar-refractivity contribution in [1.82, 2.24) is 0 Å². The first-order chi connectivity index (χ1) is 7.54. The number of aliphatic hydroxyl groups excluding tert-OH is 1. The third kappa shape index (κ3) is 3.53. The minimum absolute atomic E-state index is 0.226. The maximum atomic E-state index is 9.78. The van der Waals surface area contributed by atoms with Gasteiger partial charge in [-0.15, -0.1) is 0 Å². The summed E-state index contributed by atoms with van der Waals surface area (Å²) >= 11 is 0. The molecule has 0 aromatic heterocycles. The van der Waals surface area contributed by atoms with Crippen LogP contribution in [0.1, 0.15) is 30.9 Å². The molecule has 2 heteroatoms. The van der Waals surface area contributed by atoms with Crippen molar-refractivity contribution in [2.75, 3.05) is 18.5 Å². The molecule has 0 heterocycles. The van der Waals surface area contributed by atoms with E-state index in [1.54, 1.807) is 0 Å². The Bertz CT molecular complexity index is 336. The van der Waals surface area contributed by atoms with Crippen LogP contribution in [-0.2, 0) is 0 Å². The van der Waals surface area contributed by atoms with Gasteiger partial charge in [-0.05, 0) is 31.9 Å². The Labute approximate surface area is 98.9 Å². The Balaban J connectivity index is 2.69. The molecule has 1 unspecified atom stereocenters. The molecule has 0 saturated carbocycles. The molecule has 2 nitrogen and oxygen atoms in total. The van der Waals surface area contributed by atoms with Gasteiger partial charge in [-0.3, -0.25) is 0 Å². The lowest BCUT2D eigenvalue weighted by Crippen LogP contribution is -2.29. The van der Waals surface area contributed by atoms with E-state index in [-0.39, 0.29) is 6.10 Å². The number of aryl methyl sites for hydroxylation is 2. The maximum Gasteiger partial charge on any atom is 0.0714 e. The summed E-state index contributed by atoms with van der Waals surface area (Å²) in [5.74, 6) is 0. The van der Waals surface area contributed by atoms with Crippen molar-refractivity contribution >= 4 is 5.69 Å². The second-order valence-corrected chi connectivity index (χ2v) is 4.61. The molecule has 0 spiro atoms. The fourth-order valence-corrected chi connectivity index (χ4v) is 2.07. The molecule has 1 N–H and O–H groups in total. The van der Waals surface area contributed by atoms with Crippen LogP contribution < -0.4 is 4.90 Å². The normalized spacial score (nSPS) is 12.6. The van der Waals surface area contributed by atoms with E-state index in [1.165, 1.54) is 16.8 Å². The Kier molecular flexibility index (Phi) is 4.81. The SMILES string of the molecule is CCCC(O)CN(C)c1ccc(C)cc1C. The average molecular weight is 221 g/mol. The van der Waals surface area contributed by atoms with Gasteiger partial charge in [0.2, 0.25) is 0 Å². The molecule has 0 fully saturated rings. The van der Waals surface area contributed by atoms with E-state index in [0.29, 0.717) is 6.54 Å². The third-order valence-electron chi connectivity index (χ3n) is 2.87. The second-order valence-electron chi connectivity index (χ2n) is 4.61. The molecule has 1 atom stereocenters. The van der Waals surface area contributed by atoms with Gasteiger partial charge in [-0.2, -0.15) is 0 Å². The van der Waals surface area contributed by atoms with Crippen LogP contribution in [-0.4, -0.2) is 24.8 Å². The average Bonchev–Trinajstić information content (AvgIpc) is 2.17. The number of anilines is 1. The first kappa shape index (κ1) is 13.0. The standard InChI is InChI=1S/C14H23NO/c1-5-6-13(16)10-15(4)14-8-7-11(2)9-12(14)3/h7-9,13,16H,5-6,10H2,1-4H3. The van der Waals surface area contributed by atoms with Crippen LogP contribution in [0.4, 0.5) is 5.69 Å².